The van der Waals surface area contributed by atoms with Crippen LogP contribution in [-0.4, -0.2) is 63.2 Å². The Bertz CT molecular complexity index is 683. The topological polar surface area (TPSA) is 61.9 Å². The van der Waals surface area contributed by atoms with Crippen LogP contribution in [0.3, 0.4) is 0 Å². The van der Waals surface area contributed by atoms with Gasteiger partial charge in [0.2, 0.25) is 11.8 Å². The maximum absolute atomic E-state index is 12.7. The van der Waals surface area contributed by atoms with E-state index in [0.29, 0.717) is 19.6 Å². The summed E-state index contributed by atoms with van der Waals surface area (Å²) in [5, 5.41) is 2.91. The number of amides is 2. The first kappa shape index (κ1) is 19.7. The normalized spacial score (nSPS) is 21.9. The summed E-state index contributed by atoms with van der Waals surface area (Å²) in [4.78, 5) is 29.2. The van der Waals surface area contributed by atoms with Crippen molar-refractivity contribution >= 4 is 17.5 Å². The zero-order valence-electron chi connectivity index (χ0n) is 16.7. The Morgan fingerprint density at radius 2 is 1.89 bits per heavy atom. The number of aryl methyl sites for hydroxylation is 1. The van der Waals surface area contributed by atoms with E-state index in [4.69, 9.17) is 4.74 Å². The molecule has 1 aromatic carbocycles. The van der Waals surface area contributed by atoms with Crippen LogP contribution in [0.25, 0.3) is 0 Å². The molecule has 0 bridgehead atoms. The number of anilines is 1. The minimum Gasteiger partial charge on any atom is -0.385 e. The second-order valence-corrected chi connectivity index (χ2v) is 7.62. The van der Waals surface area contributed by atoms with Gasteiger partial charge in [0.05, 0.1) is 11.8 Å². The summed E-state index contributed by atoms with van der Waals surface area (Å²) < 4.78 is 4.98. The monoisotopic (exact) mass is 373 g/mol. The van der Waals surface area contributed by atoms with Crippen molar-refractivity contribution in [2.75, 3.05) is 51.3 Å². The Morgan fingerprint density at radius 3 is 2.59 bits per heavy atom. The van der Waals surface area contributed by atoms with Crippen LogP contribution < -0.4 is 10.2 Å². The van der Waals surface area contributed by atoms with Crippen molar-refractivity contribution in [3.8, 4) is 0 Å². The molecule has 1 aromatic rings. The molecule has 0 radical (unpaired) electrons. The van der Waals surface area contributed by atoms with Crippen molar-refractivity contribution in [2.24, 2.45) is 11.8 Å². The number of benzene rings is 1. The van der Waals surface area contributed by atoms with Gasteiger partial charge in [-0.05, 0) is 43.9 Å². The predicted molar refractivity (Wildman–Crippen MR) is 106 cm³/mol. The molecule has 0 aromatic heterocycles. The van der Waals surface area contributed by atoms with Gasteiger partial charge in [0.25, 0.3) is 0 Å². The van der Waals surface area contributed by atoms with E-state index < -0.39 is 0 Å². The maximum atomic E-state index is 12.7. The molecular weight excluding hydrogens is 342 g/mol. The van der Waals surface area contributed by atoms with E-state index in [0.717, 1.165) is 32.6 Å². The first-order valence-corrected chi connectivity index (χ1v) is 9.89. The van der Waals surface area contributed by atoms with E-state index in [9.17, 15) is 9.59 Å². The van der Waals surface area contributed by atoms with E-state index in [1.165, 1.54) is 16.8 Å². The van der Waals surface area contributed by atoms with Crippen molar-refractivity contribution < 1.29 is 14.3 Å². The molecule has 2 aliphatic rings. The van der Waals surface area contributed by atoms with Gasteiger partial charge in [0, 0.05) is 52.1 Å². The number of piperazine rings is 1. The van der Waals surface area contributed by atoms with Gasteiger partial charge in [-0.3, -0.25) is 9.59 Å². The highest BCUT2D eigenvalue weighted by Crippen LogP contribution is 2.40. The molecule has 3 rings (SSSR count). The number of methoxy groups -OCH3 is 1. The molecule has 1 saturated heterocycles. The molecule has 6 nitrogen and oxygen atoms in total. The third kappa shape index (κ3) is 4.61. The van der Waals surface area contributed by atoms with Crippen molar-refractivity contribution in [1.82, 2.24) is 10.2 Å². The molecule has 2 unspecified atom stereocenters. The summed E-state index contributed by atoms with van der Waals surface area (Å²) in [5.74, 6) is -0.108. The number of carbonyl (C=O) groups excluding carboxylic acids is 2. The van der Waals surface area contributed by atoms with Crippen molar-refractivity contribution in [1.29, 1.82) is 0 Å². The van der Waals surface area contributed by atoms with Crippen LogP contribution in [0.15, 0.2) is 18.2 Å². The third-order valence-corrected chi connectivity index (χ3v) is 5.78. The predicted octanol–water partition coefficient (Wildman–Crippen LogP) is 1.74. The fourth-order valence-corrected chi connectivity index (χ4v) is 3.80. The van der Waals surface area contributed by atoms with Crippen LogP contribution >= 0.6 is 0 Å². The molecular formula is C21H31N3O3. The summed E-state index contributed by atoms with van der Waals surface area (Å²) in [6.07, 6.45) is 1.49. The Hall–Kier alpha value is -2.08. The van der Waals surface area contributed by atoms with Crippen molar-refractivity contribution in [3.05, 3.63) is 29.3 Å². The fourth-order valence-electron chi connectivity index (χ4n) is 3.80. The van der Waals surface area contributed by atoms with Gasteiger partial charge in [0.1, 0.15) is 0 Å². The van der Waals surface area contributed by atoms with E-state index >= 15 is 0 Å². The molecule has 1 aliphatic heterocycles. The number of nitrogens with one attached hydrogen (secondary N) is 1. The highest BCUT2D eigenvalue weighted by molar-refractivity contribution is 5.92. The molecule has 148 valence electrons. The van der Waals surface area contributed by atoms with E-state index in [2.05, 4.69) is 42.3 Å². The summed E-state index contributed by atoms with van der Waals surface area (Å²) in [5.41, 5.74) is 3.87. The van der Waals surface area contributed by atoms with Crippen LogP contribution in [0.4, 0.5) is 5.69 Å². The zero-order chi connectivity index (χ0) is 19.4. The summed E-state index contributed by atoms with van der Waals surface area (Å²) in [6, 6.07) is 6.38. The molecule has 27 heavy (non-hydrogen) atoms. The molecule has 2 atom stereocenters. The minimum atomic E-state index is -0.142. The zero-order valence-corrected chi connectivity index (χ0v) is 16.7. The standard InChI is InChI=1S/C21H31N3O3/c1-15-6-4-7-19(16(15)2)23-9-11-24(12-10-23)21(26)18-14-17(18)20(25)22-8-5-13-27-3/h4,6-7,17-18H,5,8-14H2,1-3H3,(H,22,25). The summed E-state index contributed by atoms with van der Waals surface area (Å²) in [6.45, 7) is 8.67. The smallest absolute Gasteiger partial charge is 0.226 e. The Balaban J connectivity index is 1.45. The lowest BCUT2D eigenvalue weighted by atomic mass is 10.1. The summed E-state index contributed by atoms with van der Waals surface area (Å²) >= 11 is 0. The van der Waals surface area contributed by atoms with Crippen LogP contribution in [-0.2, 0) is 14.3 Å². The van der Waals surface area contributed by atoms with E-state index in [1.807, 2.05) is 4.90 Å². The number of rotatable bonds is 7. The van der Waals surface area contributed by atoms with Gasteiger partial charge in [-0.15, -0.1) is 0 Å². The van der Waals surface area contributed by atoms with Gasteiger partial charge >= 0.3 is 0 Å². The van der Waals surface area contributed by atoms with Gasteiger partial charge in [-0.2, -0.15) is 0 Å². The first-order valence-electron chi connectivity index (χ1n) is 9.89. The Labute approximate surface area is 161 Å². The van der Waals surface area contributed by atoms with E-state index in [-0.39, 0.29) is 23.7 Å². The molecule has 0 spiro atoms. The highest BCUT2D eigenvalue weighted by atomic mass is 16.5. The van der Waals surface area contributed by atoms with Crippen molar-refractivity contribution in [2.45, 2.75) is 26.7 Å². The van der Waals surface area contributed by atoms with Crippen LogP contribution in [0, 0.1) is 25.7 Å². The summed E-state index contributed by atoms with van der Waals surface area (Å²) in [7, 11) is 1.65. The molecule has 2 amide bonds. The first-order chi connectivity index (χ1) is 13.0. The van der Waals surface area contributed by atoms with Crippen molar-refractivity contribution in [3.63, 3.8) is 0 Å². The number of hydrogen-bond acceptors (Lipinski definition) is 4. The maximum Gasteiger partial charge on any atom is 0.226 e. The molecule has 1 N–H and O–H groups in total. The van der Waals surface area contributed by atoms with Gasteiger partial charge in [0.15, 0.2) is 0 Å². The Morgan fingerprint density at radius 1 is 1.15 bits per heavy atom. The lowest BCUT2D eigenvalue weighted by molar-refractivity contribution is -0.135. The quantitative estimate of drug-likeness (QED) is 0.740. The van der Waals surface area contributed by atoms with Crippen LogP contribution in [0.5, 0.6) is 0 Å². The molecule has 1 heterocycles. The number of ether oxygens (including phenoxy) is 1. The minimum absolute atomic E-state index is 0.0125. The number of carbonyl (C=O) groups is 2. The third-order valence-electron chi connectivity index (χ3n) is 5.78. The average molecular weight is 373 g/mol. The van der Waals surface area contributed by atoms with Gasteiger partial charge in [-0.25, -0.2) is 0 Å². The molecule has 6 heteroatoms. The van der Waals surface area contributed by atoms with Crippen LogP contribution in [0.1, 0.15) is 24.0 Å². The largest absolute Gasteiger partial charge is 0.385 e. The fraction of sp³-hybridized carbons (Fsp3) is 0.619. The molecule has 2 fully saturated rings. The van der Waals surface area contributed by atoms with Crippen LogP contribution in [0.2, 0.25) is 0 Å². The number of nitrogens with zero attached hydrogens (tertiary/aromatic N) is 2. The van der Waals surface area contributed by atoms with Gasteiger partial charge in [-0.1, -0.05) is 12.1 Å². The highest BCUT2D eigenvalue weighted by Gasteiger charge is 2.49. The second-order valence-electron chi connectivity index (χ2n) is 7.62. The average Bonchev–Trinajstić information content (AvgIpc) is 3.48. The molecule has 1 saturated carbocycles. The Kier molecular flexibility index (Phi) is 6.37. The second kappa shape index (κ2) is 8.74. The lowest BCUT2D eigenvalue weighted by Gasteiger charge is -2.37. The number of hydrogen-bond donors (Lipinski definition) is 1. The SMILES string of the molecule is COCCCNC(=O)C1CC1C(=O)N1CCN(c2cccc(C)c2C)CC1. The lowest BCUT2D eigenvalue weighted by Crippen LogP contribution is -2.49. The van der Waals surface area contributed by atoms with E-state index in [1.54, 1.807) is 7.11 Å². The van der Waals surface area contributed by atoms with Gasteiger partial charge < -0.3 is 19.9 Å². The molecule has 1 aliphatic carbocycles.